The minimum absolute atomic E-state index is 0. The molecule has 31 heavy (non-hydrogen) atoms. The van der Waals surface area contributed by atoms with Crippen LogP contribution in [0.15, 0.2) is 47.5 Å². The van der Waals surface area contributed by atoms with Gasteiger partial charge < -0.3 is 24.8 Å². The van der Waals surface area contributed by atoms with Gasteiger partial charge >= 0.3 is 0 Å². The summed E-state index contributed by atoms with van der Waals surface area (Å²) in [5, 5.41) is 6.95. The van der Waals surface area contributed by atoms with E-state index < -0.39 is 0 Å². The normalized spacial score (nSPS) is 15.5. The fraction of sp³-hybridized carbons (Fsp3) is 0.458. The molecule has 0 atom stereocenters. The van der Waals surface area contributed by atoms with Gasteiger partial charge in [-0.2, -0.15) is 0 Å². The molecule has 1 saturated heterocycles. The molecule has 0 unspecified atom stereocenters. The Kier molecular flexibility index (Phi) is 9.90. The zero-order valence-electron chi connectivity index (χ0n) is 18.9. The van der Waals surface area contributed by atoms with Gasteiger partial charge in [-0.3, -0.25) is 4.99 Å². The van der Waals surface area contributed by atoms with E-state index in [2.05, 4.69) is 46.8 Å². The quantitative estimate of drug-likeness (QED) is 0.316. The molecule has 0 spiro atoms. The van der Waals surface area contributed by atoms with Gasteiger partial charge in [-0.25, -0.2) is 0 Å². The molecule has 0 radical (unpaired) electrons. The van der Waals surface area contributed by atoms with Gasteiger partial charge in [0.05, 0.1) is 14.2 Å². The van der Waals surface area contributed by atoms with Crippen molar-refractivity contribution in [3.8, 4) is 11.5 Å². The van der Waals surface area contributed by atoms with E-state index in [9.17, 15) is 0 Å². The SMILES string of the molecule is CN=C(NCc1cccc(OC)c1)NCC1(c2cc(C)ccc2OC)CCOCC1.I. The number of nitrogens with zero attached hydrogens (tertiary/aromatic N) is 1. The first kappa shape index (κ1) is 25.3. The van der Waals surface area contributed by atoms with Gasteiger partial charge in [0, 0.05) is 44.3 Å². The maximum atomic E-state index is 5.71. The number of ether oxygens (including phenoxy) is 3. The molecule has 0 bridgehead atoms. The van der Waals surface area contributed by atoms with E-state index in [1.807, 2.05) is 18.2 Å². The van der Waals surface area contributed by atoms with Crippen molar-refractivity contribution in [2.24, 2.45) is 4.99 Å². The largest absolute Gasteiger partial charge is 0.497 e. The van der Waals surface area contributed by atoms with Gasteiger partial charge in [0.1, 0.15) is 11.5 Å². The minimum Gasteiger partial charge on any atom is -0.497 e. The molecule has 2 aromatic rings. The van der Waals surface area contributed by atoms with Crippen LogP contribution in [0.3, 0.4) is 0 Å². The first-order chi connectivity index (χ1) is 14.6. The van der Waals surface area contributed by atoms with E-state index >= 15 is 0 Å². The molecule has 0 amide bonds. The van der Waals surface area contributed by atoms with E-state index in [-0.39, 0.29) is 29.4 Å². The maximum absolute atomic E-state index is 5.71. The van der Waals surface area contributed by atoms with Gasteiger partial charge in [0.2, 0.25) is 0 Å². The second-order valence-corrected chi connectivity index (χ2v) is 7.73. The molecule has 1 aliphatic rings. The third kappa shape index (κ3) is 6.49. The summed E-state index contributed by atoms with van der Waals surface area (Å²) in [6.07, 6.45) is 1.87. The molecule has 6 nitrogen and oxygen atoms in total. The molecule has 1 heterocycles. The second kappa shape index (κ2) is 12.1. The van der Waals surface area contributed by atoms with Gasteiger partial charge in [-0.05, 0) is 43.5 Å². The zero-order valence-corrected chi connectivity index (χ0v) is 21.2. The van der Waals surface area contributed by atoms with Crippen LogP contribution in [0, 0.1) is 6.92 Å². The smallest absolute Gasteiger partial charge is 0.191 e. The fourth-order valence-electron chi connectivity index (χ4n) is 3.98. The average molecular weight is 539 g/mol. The van der Waals surface area contributed by atoms with Crippen LogP contribution in [0.1, 0.15) is 29.5 Å². The van der Waals surface area contributed by atoms with Crippen molar-refractivity contribution in [1.82, 2.24) is 10.6 Å². The Bertz CT molecular complexity index is 867. The van der Waals surface area contributed by atoms with Crippen LogP contribution in [0.5, 0.6) is 11.5 Å². The highest BCUT2D eigenvalue weighted by atomic mass is 127. The van der Waals surface area contributed by atoms with Crippen LogP contribution in [0.2, 0.25) is 0 Å². The van der Waals surface area contributed by atoms with Crippen molar-refractivity contribution < 1.29 is 14.2 Å². The van der Waals surface area contributed by atoms with E-state index in [4.69, 9.17) is 14.2 Å². The van der Waals surface area contributed by atoms with E-state index in [0.717, 1.165) is 55.6 Å². The average Bonchev–Trinajstić information content (AvgIpc) is 2.80. The van der Waals surface area contributed by atoms with Crippen LogP contribution >= 0.6 is 24.0 Å². The molecule has 1 fully saturated rings. The summed E-state index contributed by atoms with van der Waals surface area (Å²) in [6.45, 7) is 5.04. The number of benzene rings is 2. The Morgan fingerprint density at radius 1 is 1.06 bits per heavy atom. The predicted molar refractivity (Wildman–Crippen MR) is 136 cm³/mol. The van der Waals surface area contributed by atoms with Crippen molar-refractivity contribution in [3.63, 3.8) is 0 Å². The van der Waals surface area contributed by atoms with Crippen molar-refractivity contribution in [3.05, 3.63) is 59.2 Å². The van der Waals surface area contributed by atoms with Crippen molar-refractivity contribution >= 4 is 29.9 Å². The topological polar surface area (TPSA) is 64.1 Å². The lowest BCUT2D eigenvalue weighted by Gasteiger charge is -2.39. The van der Waals surface area contributed by atoms with Crippen LogP contribution in [0.4, 0.5) is 0 Å². The van der Waals surface area contributed by atoms with Crippen LogP contribution in [-0.4, -0.2) is 47.0 Å². The first-order valence-electron chi connectivity index (χ1n) is 10.4. The molecule has 0 aliphatic carbocycles. The highest BCUT2D eigenvalue weighted by Gasteiger charge is 2.37. The van der Waals surface area contributed by atoms with Crippen LogP contribution < -0.4 is 20.1 Å². The number of hydrogen-bond donors (Lipinski definition) is 2. The standard InChI is InChI=1S/C24H33N3O3.HI/c1-18-8-9-22(29-4)21(14-18)24(10-12-30-13-11-24)17-27-23(25-2)26-16-19-6-5-7-20(15-19)28-3;/h5-9,14-15H,10-13,16-17H2,1-4H3,(H2,25,26,27);1H. The number of aliphatic imine (C=N–C) groups is 1. The van der Waals surface area contributed by atoms with Crippen molar-refractivity contribution in [1.29, 1.82) is 0 Å². The number of methoxy groups -OCH3 is 2. The number of rotatable bonds is 7. The Hall–Kier alpha value is -2.00. The number of aryl methyl sites for hydroxylation is 1. The predicted octanol–water partition coefficient (Wildman–Crippen LogP) is 4.04. The van der Waals surface area contributed by atoms with Gasteiger partial charge in [-0.15, -0.1) is 24.0 Å². The molecule has 0 aromatic heterocycles. The third-order valence-electron chi connectivity index (χ3n) is 5.79. The van der Waals surface area contributed by atoms with Crippen LogP contribution in [0.25, 0.3) is 0 Å². The Balaban J connectivity index is 0.00000341. The molecule has 3 rings (SSSR count). The van der Waals surface area contributed by atoms with Gasteiger partial charge in [0.15, 0.2) is 5.96 Å². The summed E-state index contributed by atoms with van der Waals surface area (Å²) < 4.78 is 16.7. The highest BCUT2D eigenvalue weighted by molar-refractivity contribution is 14.0. The molecule has 2 aromatic carbocycles. The number of guanidine groups is 1. The summed E-state index contributed by atoms with van der Waals surface area (Å²) in [5.41, 5.74) is 3.54. The van der Waals surface area contributed by atoms with Crippen molar-refractivity contribution in [2.75, 3.05) is 41.0 Å². The molecule has 0 saturated carbocycles. The summed E-state index contributed by atoms with van der Waals surface area (Å²) >= 11 is 0. The lowest BCUT2D eigenvalue weighted by atomic mass is 9.73. The van der Waals surface area contributed by atoms with E-state index in [0.29, 0.717) is 6.54 Å². The molecule has 7 heteroatoms. The lowest BCUT2D eigenvalue weighted by Crippen LogP contribution is -2.48. The Labute approximate surface area is 202 Å². The second-order valence-electron chi connectivity index (χ2n) is 7.73. The van der Waals surface area contributed by atoms with Gasteiger partial charge in [0.25, 0.3) is 0 Å². The van der Waals surface area contributed by atoms with E-state index in [1.54, 1.807) is 21.3 Å². The third-order valence-corrected chi connectivity index (χ3v) is 5.79. The maximum Gasteiger partial charge on any atom is 0.191 e. The van der Waals surface area contributed by atoms with Crippen LogP contribution in [-0.2, 0) is 16.7 Å². The number of nitrogens with one attached hydrogen (secondary N) is 2. The molecular weight excluding hydrogens is 505 g/mol. The van der Waals surface area contributed by atoms with E-state index in [1.165, 1.54) is 11.1 Å². The summed E-state index contributed by atoms with van der Waals surface area (Å²) in [4.78, 5) is 4.42. The molecular formula is C24H34IN3O3. The molecule has 1 aliphatic heterocycles. The lowest BCUT2D eigenvalue weighted by molar-refractivity contribution is 0.0505. The summed E-state index contributed by atoms with van der Waals surface area (Å²) in [7, 11) is 5.22. The molecule has 2 N–H and O–H groups in total. The zero-order chi connectivity index (χ0) is 21.4. The Morgan fingerprint density at radius 3 is 2.52 bits per heavy atom. The molecule has 170 valence electrons. The number of halogens is 1. The minimum atomic E-state index is -0.0663. The van der Waals surface area contributed by atoms with Gasteiger partial charge in [-0.1, -0.05) is 29.8 Å². The number of hydrogen-bond acceptors (Lipinski definition) is 4. The first-order valence-corrected chi connectivity index (χ1v) is 10.4. The monoisotopic (exact) mass is 539 g/mol. The highest BCUT2D eigenvalue weighted by Crippen LogP contribution is 2.40. The van der Waals surface area contributed by atoms with Crippen molar-refractivity contribution in [2.45, 2.75) is 31.7 Å². The summed E-state index contributed by atoms with van der Waals surface area (Å²) in [5.74, 6) is 2.56. The Morgan fingerprint density at radius 2 is 1.84 bits per heavy atom. The fourth-order valence-corrected chi connectivity index (χ4v) is 3.98. The summed E-state index contributed by atoms with van der Waals surface area (Å²) in [6, 6.07) is 14.4.